The predicted molar refractivity (Wildman–Crippen MR) is 75.7 cm³/mol. The van der Waals surface area contributed by atoms with Gasteiger partial charge in [0.2, 0.25) is 0 Å². The number of nitrogens with zero attached hydrogens (tertiary/aromatic N) is 1. The summed E-state index contributed by atoms with van der Waals surface area (Å²) in [5.41, 5.74) is 0.470. The lowest BCUT2D eigenvalue weighted by molar-refractivity contribution is 0.416. The Labute approximate surface area is 124 Å². The topological polar surface area (TPSA) is 34.2 Å². The molecule has 0 aliphatic carbocycles. The van der Waals surface area contributed by atoms with Crippen molar-refractivity contribution < 1.29 is 13.5 Å². The first-order valence-corrected chi connectivity index (χ1v) is 6.88. The minimum absolute atomic E-state index is 0.126. The Kier molecular flexibility index (Phi) is 5.03. The summed E-state index contributed by atoms with van der Waals surface area (Å²) in [4.78, 5) is 3.86. The van der Waals surface area contributed by atoms with Crippen LogP contribution in [0.25, 0.3) is 0 Å². The first-order valence-electron chi connectivity index (χ1n) is 6.08. The molecule has 1 aromatic heterocycles. The average molecular weight is 343 g/mol. The maximum atomic E-state index is 14.1. The molecule has 20 heavy (non-hydrogen) atoms. The Balaban J connectivity index is 2.22. The van der Waals surface area contributed by atoms with E-state index in [0.29, 0.717) is 17.9 Å². The van der Waals surface area contributed by atoms with Gasteiger partial charge in [-0.05, 0) is 46.7 Å². The number of pyridine rings is 1. The Hall–Kier alpha value is -1.53. The lowest BCUT2D eigenvalue weighted by Crippen LogP contribution is -2.13. The number of hydrogen-bond acceptors (Lipinski definition) is 3. The number of hydrogen-bond donors (Lipinski definition) is 1. The van der Waals surface area contributed by atoms with E-state index < -0.39 is 11.6 Å². The Morgan fingerprint density at radius 2 is 2.10 bits per heavy atom. The number of benzene rings is 1. The number of halogens is 3. The van der Waals surface area contributed by atoms with Gasteiger partial charge >= 0.3 is 0 Å². The van der Waals surface area contributed by atoms with Gasteiger partial charge in [0.15, 0.2) is 5.82 Å². The second kappa shape index (κ2) is 6.76. The van der Waals surface area contributed by atoms with Crippen LogP contribution in [0.4, 0.5) is 8.78 Å². The van der Waals surface area contributed by atoms with Crippen LogP contribution in [-0.4, -0.2) is 11.5 Å². The van der Waals surface area contributed by atoms with Crippen molar-refractivity contribution in [3.05, 3.63) is 52.1 Å². The van der Waals surface area contributed by atoms with Gasteiger partial charge in [-0.25, -0.2) is 13.8 Å². The average Bonchev–Trinajstić information content (AvgIpc) is 2.44. The van der Waals surface area contributed by atoms with Gasteiger partial charge in [-0.2, -0.15) is 0 Å². The minimum atomic E-state index is -0.520. The Morgan fingerprint density at radius 1 is 1.30 bits per heavy atom. The van der Waals surface area contributed by atoms with E-state index >= 15 is 0 Å². The van der Waals surface area contributed by atoms with Crippen molar-refractivity contribution in [1.82, 2.24) is 10.3 Å². The summed E-state index contributed by atoms with van der Waals surface area (Å²) in [5, 5.41) is 3.03. The van der Waals surface area contributed by atoms with Crippen LogP contribution in [0.2, 0.25) is 0 Å². The zero-order valence-corrected chi connectivity index (χ0v) is 12.4. The molecule has 0 aliphatic heterocycles. The third kappa shape index (κ3) is 3.52. The largest absolute Gasteiger partial charge is 0.436 e. The van der Waals surface area contributed by atoms with Gasteiger partial charge in [0.1, 0.15) is 11.6 Å². The van der Waals surface area contributed by atoms with Crippen LogP contribution < -0.4 is 10.1 Å². The molecule has 0 saturated carbocycles. The zero-order valence-electron chi connectivity index (χ0n) is 10.8. The molecule has 0 amide bonds. The van der Waals surface area contributed by atoms with Crippen LogP contribution in [0.3, 0.4) is 0 Å². The maximum absolute atomic E-state index is 14.1. The number of rotatable bonds is 5. The molecule has 0 saturated heterocycles. The molecule has 0 bridgehead atoms. The van der Waals surface area contributed by atoms with Gasteiger partial charge in [-0.3, -0.25) is 0 Å². The van der Waals surface area contributed by atoms with Crippen molar-refractivity contribution in [3.63, 3.8) is 0 Å². The molecule has 0 fully saturated rings. The summed E-state index contributed by atoms with van der Waals surface area (Å²) in [6.07, 6.45) is 1.48. The van der Waals surface area contributed by atoms with Crippen LogP contribution in [0, 0.1) is 11.6 Å². The van der Waals surface area contributed by atoms with E-state index in [9.17, 15) is 8.78 Å². The van der Waals surface area contributed by atoms with Crippen LogP contribution >= 0.6 is 15.9 Å². The van der Waals surface area contributed by atoms with Crippen molar-refractivity contribution >= 4 is 15.9 Å². The standard InChI is InChI=1S/C14H13BrF2N2O/c1-2-18-8-9-5-6-19-14(13(9)17)20-10-3-4-12(16)11(15)7-10/h3-7,18H,2,8H2,1H3. The molecule has 6 heteroatoms. The second-order valence-electron chi connectivity index (χ2n) is 4.05. The molecule has 2 rings (SSSR count). The van der Waals surface area contributed by atoms with Crippen molar-refractivity contribution in [3.8, 4) is 11.6 Å². The molecule has 0 atom stereocenters. The highest BCUT2D eigenvalue weighted by Crippen LogP contribution is 2.27. The monoisotopic (exact) mass is 342 g/mol. The van der Waals surface area contributed by atoms with Crippen LogP contribution in [0.1, 0.15) is 12.5 Å². The fourth-order valence-corrected chi connectivity index (χ4v) is 1.94. The lowest BCUT2D eigenvalue weighted by atomic mass is 10.2. The molecular weight excluding hydrogens is 330 g/mol. The van der Waals surface area contributed by atoms with Crippen molar-refractivity contribution in [2.75, 3.05) is 6.54 Å². The van der Waals surface area contributed by atoms with E-state index in [-0.39, 0.29) is 10.4 Å². The smallest absolute Gasteiger partial charge is 0.256 e. The van der Waals surface area contributed by atoms with Gasteiger partial charge < -0.3 is 10.1 Å². The SMILES string of the molecule is CCNCc1ccnc(Oc2ccc(F)c(Br)c2)c1F. The number of ether oxygens (including phenoxy) is 1. The summed E-state index contributed by atoms with van der Waals surface area (Å²) in [6.45, 7) is 3.07. The molecule has 0 aliphatic rings. The third-order valence-electron chi connectivity index (χ3n) is 2.61. The second-order valence-corrected chi connectivity index (χ2v) is 4.90. The van der Waals surface area contributed by atoms with Crippen molar-refractivity contribution in [1.29, 1.82) is 0 Å². The fourth-order valence-electron chi connectivity index (χ4n) is 1.58. The molecule has 0 unspecified atom stereocenters. The molecule has 0 spiro atoms. The lowest BCUT2D eigenvalue weighted by Gasteiger charge is -2.09. The first kappa shape index (κ1) is 14.9. The molecule has 0 radical (unpaired) electrons. The van der Waals surface area contributed by atoms with Crippen LogP contribution in [0.15, 0.2) is 34.9 Å². The number of nitrogens with one attached hydrogen (secondary N) is 1. The third-order valence-corrected chi connectivity index (χ3v) is 3.22. The molecule has 1 heterocycles. The summed E-state index contributed by atoms with van der Waals surface area (Å²) in [5.74, 6) is -0.746. The van der Waals surface area contributed by atoms with Crippen molar-refractivity contribution in [2.24, 2.45) is 0 Å². The highest BCUT2D eigenvalue weighted by molar-refractivity contribution is 9.10. The highest BCUT2D eigenvalue weighted by atomic mass is 79.9. The van der Waals surface area contributed by atoms with E-state index in [1.807, 2.05) is 6.92 Å². The molecule has 3 nitrogen and oxygen atoms in total. The molecule has 106 valence electrons. The van der Waals surface area contributed by atoms with E-state index in [2.05, 4.69) is 26.2 Å². The Bertz CT molecular complexity index is 608. The summed E-state index contributed by atoms with van der Waals surface area (Å²) >= 11 is 3.05. The normalized spacial score (nSPS) is 10.6. The maximum Gasteiger partial charge on any atom is 0.256 e. The van der Waals surface area contributed by atoms with Crippen LogP contribution in [-0.2, 0) is 6.54 Å². The fraction of sp³-hybridized carbons (Fsp3) is 0.214. The van der Waals surface area contributed by atoms with Gasteiger partial charge in [0.05, 0.1) is 4.47 Å². The van der Waals surface area contributed by atoms with E-state index in [1.165, 1.54) is 24.4 Å². The molecule has 2 aromatic rings. The van der Waals surface area contributed by atoms with E-state index in [0.717, 1.165) is 6.54 Å². The van der Waals surface area contributed by atoms with Gasteiger partial charge in [-0.15, -0.1) is 0 Å². The predicted octanol–water partition coefficient (Wildman–Crippen LogP) is 4.02. The van der Waals surface area contributed by atoms with Gasteiger partial charge in [0.25, 0.3) is 5.88 Å². The van der Waals surface area contributed by atoms with Crippen LogP contribution in [0.5, 0.6) is 11.6 Å². The Morgan fingerprint density at radius 3 is 2.80 bits per heavy atom. The van der Waals surface area contributed by atoms with E-state index in [4.69, 9.17) is 4.74 Å². The molecule has 1 N–H and O–H groups in total. The zero-order chi connectivity index (χ0) is 14.5. The van der Waals surface area contributed by atoms with E-state index in [1.54, 1.807) is 6.07 Å². The summed E-state index contributed by atoms with van der Waals surface area (Å²) in [7, 11) is 0. The molecule has 1 aromatic carbocycles. The summed E-state index contributed by atoms with van der Waals surface area (Å²) < 4.78 is 32.9. The number of aromatic nitrogens is 1. The quantitative estimate of drug-likeness (QED) is 0.890. The van der Waals surface area contributed by atoms with Gasteiger partial charge in [0, 0.05) is 18.3 Å². The minimum Gasteiger partial charge on any atom is -0.436 e. The van der Waals surface area contributed by atoms with Crippen molar-refractivity contribution in [2.45, 2.75) is 13.5 Å². The summed E-state index contributed by atoms with van der Waals surface area (Å²) in [6, 6.07) is 5.66. The molecular formula is C14H13BrF2N2O. The van der Waals surface area contributed by atoms with Gasteiger partial charge in [-0.1, -0.05) is 6.92 Å². The first-order chi connectivity index (χ1) is 9.61. The highest BCUT2D eigenvalue weighted by Gasteiger charge is 2.12.